The van der Waals surface area contributed by atoms with Gasteiger partial charge >= 0.3 is 13.6 Å². The van der Waals surface area contributed by atoms with Crippen molar-refractivity contribution in [2.75, 3.05) is 6.16 Å². The van der Waals surface area contributed by atoms with Gasteiger partial charge in [0, 0.05) is 6.42 Å². The molecule has 0 aliphatic rings. The van der Waals surface area contributed by atoms with Crippen LogP contribution in [0, 0.1) is 0 Å². The monoisotopic (exact) mass is 273 g/mol. The Kier molecular flexibility index (Phi) is 4.65. The third-order valence-corrected chi connectivity index (χ3v) is 3.44. The second-order valence-electron chi connectivity index (χ2n) is 4.26. The van der Waals surface area contributed by atoms with Gasteiger partial charge in [0.2, 0.25) is 0 Å². The predicted molar refractivity (Wildman–Crippen MR) is 66.2 cm³/mol. The van der Waals surface area contributed by atoms with Gasteiger partial charge in [-0.05, 0) is 12.0 Å². The Hall–Kier alpha value is -1.20. The Bertz CT molecular complexity index is 458. The molecule has 1 aromatic carbocycles. The average Bonchev–Trinajstić information content (AvgIpc) is 2.27. The number of rotatable bonds is 6. The molecule has 0 amide bonds. The fourth-order valence-electron chi connectivity index (χ4n) is 1.58. The van der Waals surface area contributed by atoms with Crippen LogP contribution in [0.3, 0.4) is 0 Å². The van der Waals surface area contributed by atoms with Crippen LogP contribution >= 0.6 is 7.60 Å². The van der Waals surface area contributed by atoms with Gasteiger partial charge in [0.1, 0.15) is 5.54 Å². The summed E-state index contributed by atoms with van der Waals surface area (Å²) < 4.78 is 10.8. The van der Waals surface area contributed by atoms with E-state index in [1.165, 1.54) is 0 Å². The lowest BCUT2D eigenvalue weighted by Crippen LogP contribution is -2.50. The van der Waals surface area contributed by atoms with Gasteiger partial charge in [0.25, 0.3) is 0 Å². The lowest BCUT2D eigenvalue weighted by Gasteiger charge is -2.25. The molecule has 0 fully saturated rings. The first-order valence-electron chi connectivity index (χ1n) is 5.34. The first-order valence-corrected chi connectivity index (χ1v) is 7.13. The van der Waals surface area contributed by atoms with Crippen LogP contribution in [-0.4, -0.2) is 32.6 Å². The van der Waals surface area contributed by atoms with Crippen LogP contribution in [0.15, 0.2) is 30.3 Å². The maximum absolute atomic E-state index is 11.2. The summed E-state index contributed by atoms with van der Waals surface area (Å²) in [5, 5.41) is 9.11. The topological polar surface area (TPSA) is 121 Å². The number of carboxylic acids is 1. The van der Waals surface area contributed by atoms with Crippen LogP contribution in [0.2, 0.25) is 0 Å². The Morgan fingerprint density at radius 2 is 1.83 bits per heavy atom. The maximum atomic E-state index is 11.2. The number of hydrogen-bond acceptors (Lipinski definition) is 3. The second kappa shape index (κ2) is 5.63. The molecule has 0 heterocycles. The number of hydrogen-bond donors (Lipinski definition) is 4. The number of carbonyl (C=O) groups is 1. The smallest absolute Gasteiger partial charge is 0.325 e. The minimum absolute atomic E-state index is 0.0309. The molecular formula is C11H16NO5P. The predicted octanol–water partition coefficient (Wildman–Crippen LogP) is 0.579. The van der Waals surface area contributed by atoms with Crippen molar-refractivity contribution in [1.82, 2.24) is 0 Å². The highest BCUT2D eigenvalue weighted by molar-refractivity contribution is 7.51. The zero-order chi connectivity index (χ0) is 13.8. The molecule has 0 saturated heterocycles. The van der Waals surface area contributed by atoms with Gasteiger partial charge in [-0.15, -0.1) is 0 Å². The highest BCUT2D eigenvalue weighted by Crippen LogP contribution is 2.37. The van der Waals surface area contributed by atoms with Gasteiger partial charge in [0.05, 0.1) is 6.16 Å². The van der Waals surface area contributed by atoms with Gasteiger partial charge in [0.15, 0.2) is 0 Å². The molecular weight excluding hydrogens is 257 g/mol. The summed E-state index contributed by atoms with van der Waals surface area (Å²) in [4.78, 5) is 28.7. The zero-order valence-electron chi connectivity index (χ0n) is 9.69. The molecule has 1 atom stereocenters. The molecule has 0 aliphatic carbocycles. The highest BCUT2D eigenvalue weighted by atomic mass is 31.2. The summed E-state index contributed by atoms with van der Waals surface area (Å²) >= 11 is 0. The van der Waals surface area contributed by atoms with Crippen molar-refractivity contribution in [3.63, 3.8) is 0 Å². The van der Waals surface area contributed by atoms with Crippen LogP contribution in [0.25, 0.3) is 0 Å². The minimum atomic E-state index is -4.25. The molecule has 1 rings (SSSR count). The van der Waals surface area contributed by atoms with Crippen LogP contribution in [-0.2, 0) is 15.8 Å². The van der Waals surface area contributed by atoms with Crippen LogP contribution in [0.5, 0.6) is 0 Å². The minimum Gasteiger partial charge on any atom is -0.480 e. The molecule has 0 bridgehead atoms. The van der Waals surface area contributed by atoms with E-state index in [9.17, 15) is 9.36 Å². The van der Waals surface area contributed by atoms with E-state index in [4.69, 9.17) is 20.6 Å². The van der Waals surface area contributed by atoms with Crippen molar-refractivity contribution in [2.24, 2.45) is 5.73 Å². The van der Waals surface area contributed by atoms with Crippen molar-refractivity contribution in [3.05, 3.63) is 35.9 Å². The molecule has 6 nitrogen and oxygen atoms in total. The summed E-state index contributed by atoms with van der Waals surface area (Å²) in [7, 11) is -4.25. The standard InChI is InChI=1S/C11H16NO5P/c12-11(10(13)14,6-7-18(15,16)17)8-9-4-2-1-3-5-9/h1-5H,6-8,12H2,(H,13,14)(H2,15,16,17)/t11-/m0/s1. The van der Waals surface area contributed by atoms with E-state index in [0.717, 1.165) is 0 Å². The number of benzene rings is 1. The van der Waals surface area contributed by atoms with Gasteiger partial charge < -0.3 is 20.6 Å². The molecule has 0 aromatic heterocycles. The number of nitrogens with two attached hydrogens (primary N) is 1. The first kappa shape index (κ1) is 14.9. The Morgan fingerprint density at radius 1 is 1.28 bits per heavy atom. The summed E-state index contributed by atoms with van der Waals surface area (Å²) in [5.74, 6) is -1.26. The Morgan fingerprint density at radius 3 is 2.28 bits per heavy atom. The van der Waals surface area contributed by atoms with Crippen molar-refractivity contribution >= 4 is 13.6 Å². The highest BCUT2D eigenvalue weighted by Gasteiger charge is 2.36. The molecule has 0 saturated carbocycles. The van der Waals surface area contributed by atoms with E-state index < -0.39 is 25.3 Å². The zero-order valence-corrected chi connectivity index (χ0v) is 10.6. The fraction of sp³-hybridized carbons (Fsp3) is 0.364. The first-order chi connectivity index (χ1) is 8.23. The summed E-state index contributed by atoms with van der Waals surface area (Å²) in [6.07, 6.45) is -0.784. The normalized spacial score (nSPS) is 15.1. The lowest BCUT2D eigenvalue weighted by molar-refractivity contribution is -0.143. The molecule has 1 aromatic rings. The average molecular weight is 273 g/mol. The van der Waals surface area contributed by atoms with Crippen molar-refractivity contribution in [1.29, 1.82) is 0 Å². The Balaban J connectivity index is 2.81. The summed E-state index contributed by atoms with van der Waals surface area (Å²) in [6.45, 7) is 0. The van der Waals surface area contributed by atoms with E-state index in [1.807, 2.05) is 0 Å². The van der Waals surface area contributed by atoms with Crippen molar-refractivity contribution in [3.8, 4) is 0 Å². The molecule has 0 aliphatic heterocycles. The quantitative estimate of drug-likeness (QED) is 0.562. The third kappa shape index (κ3) is 4.58. The van der Waals surface area contributed by atoms with E-state index in [1.54, 1.807) is 30.3 Å². The van der Waals surface area contributed by atoms with Crippen LogP contribution in [0.1, 0.15) is 12.0 Å². The molecule has 0 radical (unpaired) electrons. The van der Waals surface area contributed by atoms with E-state index in [2.05, 4.69) is 0 Å². The SMILES string of the molecule is N[C@@](CCP(=O)(O)O)(Cc1ccccc1)C(=O)O. The second-order valence-corrected chi connectivity index (χ2v) is 6.04. The number of carboxylic acid groups (broad SMARTS) is 1. The molecule has 0 unspecified atom stereocenters. The molecule has 5 N–H and O–H groups in total. The van der Waals surface area contributed by atoms with Crippen LogP contribution in [0.4, 0.5) is 0 Å². The van der Waals surface area contributed by atoms with Crippen LogP contribution < -0.4 is 5.73 Å². The van der Waals surface area contributed by atoms with Crippen molar-refractivity contribution in [2.45, 2.75) is 18.4 Å². The van der Waals surface area contributed by atoms with E-state index in [0.29, 0.717) is 5.56 Å². The summed E-state index contributed by atoms with van der Waals surface area (Å²) in [6, 6.07) is 8.74. The molecule has 18 heavy (non-hydrogen) atoms. The Labute approximate surface area is 105 Å². The van der Waals surface area contributed by atoms with Crippen molar-refractivity contribution < 1.29 is 24.3 Å². The van der Waals surface area contributed by atoms with E-state index in [-0.39, 0.29) is 12.8 Å². The number of aliphatic carboxylic acids is 1. The largest absolute Gasteiger partial charge is 0.480 e. The molecule has 7 heteroatoms. The fourth-order valence-corrected chi connectivity index (χ4v) is 2.27. The third-order valence-electron chi connectivity index (χ3n) is 2.64. The van der Waals surface area contributed by atoms with Gasteiger partial charge in [-0.25, -0.2) is 0 Å². The van der Waals surface area contributed by atoms with Gasteiger partial charge in [-0.2, -0.15) is 0 Å². The molecule has 0 spiro atoms. The van der Waals surface area contributed by atoms with Gasteiger partial charge in [-0.3, -0.25) is 9.36 Å². The van der Waals surface area contributed by atoms with E-state index >= 15 is 0 Å². The molecule has 100 valence electrons. The summed E-state index contributed by atoms with van der Waals surface area (Å²) in [5.41, 5.74) is 4.79. The van der Waals surface area contributed by atoms with Gasteiger partial charge in [-0.1, -0.05) is 30.3 Å². The lowest BCUT2D eigenvalue weighted by atomic mass is 9.89. The maximum Gasteiger partial charge on any atom is 0.325 e.